The van der Waals surface area contributed by atoms with Crippen LogP contribution in [-0.2, 0) is 24.8 Å². The van der Waals surface area contributed by atoms with Crippen LogP contribution in [0.15, 0.2) is 22.5 Å². The first kappa shape index (κ1) is 22.3. The topological polar surface area (TPSA) is 87.4 Å². The lowest BCUT2D eigenvalue weighted by molar-refractivity contribution is -0.138. The Labute approximate surface area is 182 Å². The van der Waals surface area contributed by atoms with Gasteiger partial charge in [-0.15, -0.1) is 21.5 Å². The van der Waals surface area contributed by atoms with Crippen LogP contribution in [-0.4, -0.2) is 58.7 Å². The van der Waals surface area contributed by atoms with Crippen molar-refractivity contribution in [2.24, 2.45) is 17.5 Å². The summed E-state index contributed by atoms with van der Waals surface area (Å²) in [6.07, 6.45) is 4.96. The predicted octanol–water partition coefficient (Wildman–Crippen LogP) is 2.11. The van der Waals surface area contributed by atoms with E-state index in [0.717, 1.165) is 50.3 Å². The lowest BCUT2D eigenvalue weighted by atomic mass is 9.84. The van der Waals surface area contributed by atoms with Gasteiger partial charge in [0.25, 0.3) is 0 Å². The molecule has 0 saturated heterocycles. The Morgan fingerprint density at radius 1 is 1.30 bits per heavy atom. The number of aryl methyl sites for hydroxylation is 1. The summed E-state index contributed by atoms with van der Waals surface area (Å²) in [4.78, 5) is 20.7. The number of nitrogens with one attached hydrogen (secondary N) is 2. The van der Waals surface area contributed by atoms with E-state index in [4.69, 9.17) is 4.99 Å². The normalized spacial score (nSPS) is 15.9. The van der Waals surface area contributed by atoms with Crippen molar-refractivity contribution in [1.82, 2.24) is 30.3 Å². The molecule has 9 heteroatoms. The first-order valence-electron chi connectivity index (χ1n) is 10.5. The summed E-state index contributed by atoms with van der Waals surface area (Å²) in [5.41, 5.74) is -0.346. The van der Waals surface area contributed by atoms with Gasteiger partial charge in [-0.2, -0.15) is 0 Å². The fourth-order valence-electron chi connectivity index (χ4n) is 3.92. The fraction of sp³-hybridized carbons (Fsp3) is 0.619. The van der Waals surface area contributed by atoms with E-state index >= 15 is 0 Å². The van der Waals surface area contributed by atoms with Crippen molar-refractivity contribution in [3.63, 3.8) is 0 Å². The zero-order valence-corrected chi connectivity index (χ0v) is 19.3. The molecule has 1 aliphatic rings. The van der Waals surface area contributed by atoms with Crippen molar-refractivity contribution in [3.05, 3.63) is 34.0 Å². The third-order valence-electron chi connectivity index (χ3n) is 5.82. The highest BCUT2D eigenvalue weighted by Gasteiger charge is 2.42. The number of aromatic nitrogens is 3. The van der Waals surface area contributed by atoms with Gasteiger partial charge in [0.2, 0.25) is 5.91 Å². The quantitative estimate of drug-likeness (QED) is 0.494. The van der Waals surface area contributed by atoms with Gasteiger partial charge in [0, 0.05) is 39.1 Å². The lowest BCUT2D eigenvalue weighted by Gasteiger charge is -2.31. The highest BCUT2D eigenvalue weighted by Crippen LogP contribution is 2.38. The van der Waals surface area contributed by atoms with Gasteiger partial charge in [-0.05, 0) is 37.6 Å². The SMILES string of the molecule is Cc1nnc(CN=C(NCCc2cccs2)NCC2(C(=O)N(C)C)CCCC2)n1C. The number of amides is 1. The standard InChI is InChI=1S/C21H33N7OS/c1-16-25-26-18(28(16)4)14-23-20(22-12-9-17-8-7-13-30-17)24-15-21(10-5-6-11-21)19(29)27(2)3/h7-8,13H,5-6,9-12,14-15H2,1-4H3,(H2,22,23,24). The van der Waals surface area contributed by atoms with E-state index in [1.807, 2.05) is 32.6 Å². The van der Waals surface area contributed by atoms with Crippen molar-refractivity contribution in [1.29, 1.82) is 0 Å². The summed E-state index contributed by atoms with van der Waals surface area (Å²) in [5.74, 6) is 2.59. The predicted molar refractivity (Wildman–Crippen MR) is 121 cm³/mol. The Morgan fingerprint density at radius 3 is 2.67 bits per heavy atom. The van der Waals surface area contributed by atoms with Gasteiger partial charge in [0.15, 0.2) is 11.8 Å². The zero-order valence-electron chi connectivity index (χ0n) is 18.4. The molecule has 30 heavy (non-hydrogen) atoms. The molecular formula is C21H33N7OS. The number of rotatable bonds is 8. The lowest BCUT2D eigenvalue weighted by Crippen LogP contribution is -2.49. The smallest absolute Gasteiger partial charge is 0.230 e. The van der Waals surface area contributed by atoms with Gasteiger partial charge in [-0.3, -0.25) is 4.79 Å². The van der Waals surface area contributed by atoms with E-state index in [-0.39, 0.29) is 11.3 Å². The van der Waals surface area contributed by atoms with Crippen LogP contribution < -0.4 is 10.6 Å². The molecule has 0 aliphatic heterocycles. The molecule has 0 atom stereocenters. The van der Waals surface area contributed by atoms with Gasteiger partial charge in [0.1, 0.15) is 12.4 Å². The maximum atomic E-state index is 12.9. The van der Waals surface area contributed by atoms with Crippen LogP contribution >= 0.6 is 11.3 Å². The van der Waals surface area contributed by atoms with Gasteiger partial charge < -0.3 is 20.1 Å². The number of carbonyl (C=O) groups excluding carboxylic acids is 1. The molecule has 8 nitrogen and oxygen atoms in total. The largest absolute Gasteiger partial charge is 0.356 e. The molecule has 1 amide bonds. The number of nitrogens with zero attached hydrogens (tertiary/aromatic N) is 5. The first-order valence-corrected chi connectivity index (χ1v) is 11.4. The molecule has 0 spiro atoms. The molecule has 0 unspecified atom stereocenters. The third-order valence-corrected chi connectivity index (χ3v) is 6.76. The number of thiophene rings is 1. The summed E-state index contributed by atoms with van der Waals surface area (Å²) >= 11 is 1.76. The Bertz CT molecular complexity index is 851. The second kappa shape index (κ2) is 10.1. The minimum absolute atomic E-state index is 0.203. The number of carbonyl (C=O) groups is 1. The van der Waals surface area contributed by atoms with Crippen LogP contribution in [0.4, 0.5) is 0 Å². The second-order valence-corrected chi connectivity index (χ2v) is 9.22. The first-order chi connectivity index (χ1) is 14.4. The Kier molecular flexibility index (Phi) is 7.47. The molecule has 2 heterocycles. The minimum Gasteiger partial charge on any atom is -0.356 e. The number of guanidine groups is 1. The molecule has 1 fully saturated rings. The zero-order chi connectivity index (χ0) is 21.6. The third kappa shape index (κ3) is 5.38. The van der Waals surface area contributed by atoms with E-state index in [1.54, 1.807) is 16.2 Å². The number of aliphatic imine (C=N–C) groups is 1. The number of hydrogen-bond acceptors (Lipinski definition) is 5. The maximum Gasteiger partial charge on any atom is 0.230 e. The molecule has 0 bridgehead atoms. The Balaban J connectivity index is 1.68. The van der Waals surface area contributed by atoms with Crippen LogP contribution in [0.3, 0.4) is 0 Å². The van der Waals surface area contributed by atoms with Crippen molar-refractivity contribution in [2.75, 3.05) is 27.2 Å². The summed E-state index contributed by atoms with van der Waals surface area (Å²) in [6.45, 7) is 3.72. The van der Waals surface area contributed by atoms with Crippen molar-refractivity contribution in [2.45, 2.75) is 45.6 Å². The maximum absolute atomic E-state index is 12.9. The van der Waals surface area contributed by atoms with Crippen LogP contribution in [0.2, 0.25) is 0 Å². The van der Waals surface area contributed by atoms with Gasteiger partial charge >= 0.3 is 0 Å². The van der Waals surface area contributed by atoms with Crippen LogP contribution in [0.25, 0.3) is 0 Å². The molecule has 2 aromatic heterocycles. The van der Waals surface area contributed by atoms with E-state index < -0.39 is 0 Å². The van der Waals surface area contributed by atoms with Crippen molar-refractivity contribution >= 4 is 23.2 Å². The molecule has 2 N–H and O–H groups in total. The van der Waals surface area contributed by atoms with Gasteiger partial charge in [0.05, 0.1) is 5.41 Å². The summed E-state index contributed by atoms with van der Waals surface area (Å²) < 4.78 is 1.95. The Hall–Kier alpha value is -2.42. The second-order valence-electron chi connectivity index (χ2n) is 8.18. The van der Waals surface area contributed by atoms with Crippen molar-refractivity contribution in [3.8, 4) is 0 Å². The van der Waals surface area contributed by atoms with Gasteiger partial charge in [-0.1, -0.05) is 18.9 Å². The minimum atomic E-state index is -0.346. The summed E-state index contributed by atoms with van der Waals surface area (Å²) in [5, 5.41) is 17.3. The van der Waals surface area contributed by atoms with Gasteiger partial charge in [-0.25, -0.2) is 4.99 Å². The molecular weight excluding hydrogens is 398 g/mol. The van der Waals surface area contributed by atoms with Crippen LogP contribution in [0, 0.1) is 12.3 Å². The number of hydrogen-bond donors (Lipinski definition) is 2. The van der Waals surface area contributed by atoms with Crippen LogP contribution in [0.1, 0.15) is 42.2 Å². The highest BCUT2D eigenvalue weighted by molar-refractivity contribution is 7.09. The molecule has 1 saturated carbocycles. The van der Waals surface area contributed by atoms with E-state index in [9.17, 15) is 4.79 Å². The Morgan fingerprint density at radius 2 is 2.07 bits per heavy atom. The highest BCUT2D eigenvalue weighted by atomic mass is 32.1. The van der Waals surface area contributed by atoms with E-state index in [0.29, 0.717) is 19.0 Å². The summed E-state index contributed by atoms with van der Waals surface area (Å²) in [7, 11) is 5.63. The van der Waals surface area contributed by atoms with E-state index in [1.165, 1.54) is 4.88 Å². The monoisotopic (exact) mass is 431 g/mol. The average molecular weight is 432 g/mol. The molecule has 0 aromatic carbocycles. The molecule has 2 aromatic rings. The molecule has 0 radical (unpaired) electrons. The van der Waals surface area contributed by atoms with Crippen LogP contribution in [0.5, 0.6) is 0 Å². The average Bonchev–Trinajstić information content (AvgIpc) is 3.48. The van der Waals surface area contributed by atoms with E-state index in [2.05, 4.69) is 38.3 Å². The molecule has 1 aliphatic carbocycles. The molecule has 164 valence electrons. The summed E-state index contributed by atoms with van der Waals surface area (Å²) in [6, 6.07) is 4.21. The molecule has 3 rings (SSSR count). The van der Waals surface area contributed by atoms with Crippen molar-refractivity contribution < 1.29 is 4.79 Å². The fourth-order valence-corrected chi connectivity index (χ4v) is 4.63.